The highest BCUT2D eigenvalue weighted by Gasteiger charge is 2.54. The van der Waals surface area contributed by atoms with Gasteiger partial charge >= 0.3 is 0 Å². The van der Waals surface area contributed by atoms with E-state index in [1.165, 1.54) is 12.6 Å². The largest absolute Gasteiger partial charge is 0.325 e. The van der Waals surface area contributed by atoms with Crippen LogP contribution in [0.15, 0.2) is 0 Å². The van der Waals surface area contributed by atoms with E-state index in [2.05, 4.69) is 6.30 Å². The molecule has 38 valence electrons. The van der Waals surface area contributed by atoms with Crippen molar-refractivity contribution in [3.05, 3.63) is 0 Å². The lowest BCUT2D eigenvalue weighted by Gasteiger charge is -1.77. The lowest BCUT2D eigenvalue weighted by molar-refractivity contribution is 0.388. The van der Waals surface area contributed by atoms with Crippen molar-refractivity contribution in [2.24, 2.45) is 0 Å². The predicted octanol–water partition coefficient (Wildman–Crippen LogP) is 1.03. The predicted molar refractivity (Wildman–Crippen MR) is 32.2 cm³/mol. The SMILES string of the molecule is C=[P+]1CCC2OC21. The topological polar surface area (TPSA) is 12.5 Å². The molecule has 0 spiro atoms. The van der Waals surface area contributed by atoms with Crippen LogP contribution in [0.1, 0.15) is 6.42 Å². The first-order valence-electron chi connectivity index (χ1n) is 2.60. The van der Waals surface area contributed by atoms with Crippen LogP contribution in [-0.2, 0) is 4.74 Å². The summed E-state index contributed by atoms with van der Waals surface area (Å²) in [5, 5.41) is 0. The van der Waals surface area contributed by atoms with Crippen molar-refractivity contribution >= 4 is 13.8 Å². The van der Waals surface area contributed by atoms with E-state index in [0.29, 0.717) is 11.9 Å². The average Bonchev–Trinajstić information content (AvgIpc) is 2.33. The summed E-state index contributed by atoms with van der Waals surface area (Å²) in [4.78, 5) is 0. The Labute approximate surface area is 44.1 Å². The molecule has 0 radical (unpaired) electrons. The van der Waals surface area contributed by atoms with Crippen molar-refractivity contribution in [2.45, 2.75) is 18.4 Å². The summed E-state index contributed by atoms with van der Waals surface area (Å²) in [6.45, 7) is 0. The van der Waals surface area contributed by atoms with Gasteiger partial charge in [0.05, 0.1) is 6.30 Å². The van der Waals surface area contributed by atoms with E-state index in [1.807, 2.05) is 0 Å². The van der Waals surface area contributed by atoms with Crippen molar-refractivity contribution in [3.8, 4) is 0 Å². The van der Waals surface area contributed by atoms with Gasteiger partial charge in [-0.25, -0.2) is 0 Å². The van der Waals surface area contributed by atoms with Crippen molar-refractivity contribution < 1.29 is 4.74 Å². The maximum atomic E-state index is 5.23. The number of rotatable bonds is 0. The summed E-state index contributed by atoms with van der Waals surface area (Å²) in [6.07, 6.45) is 7.30. The van der Waals surface area contributed by atoms with Crippen LogP contribution in [0.3, 0.4) is 0 Å². The highest BCUT2D eigenvalue weighted by Crippen LogP contribution is 2.51. The van der Waals surface area contributed by atoms with E-state index < -0.39 is 0 Å². The average molecular weight is 115 g/mol. The minimum Gasteiger partial charge on any atom is -0.325 e. The Morgan fingerprint density at radius 1 is 1.71 bits per heavy atom. The Bertz CT molecular complexity index is 121. The standard InChI is InChI=1S/C5H8OP/c1-7-3-2-4-5(7)6-4/h4-5H,1-3H2/q+1. The Kier molecular flexibility index (Phi) is 0.635. The Balaban J connectivity index is 2.21. The first-order valence-corrected chi connectivity index (χ1v) is 4.38. The van der Waals surface area contributed by atoms with Gasteiger partial charge in [0.15, 0.2) is 0 Å². The molecule has 2 aliphatic rings. The molecule has 1 nitrogen and oxygen atoms in total. The molecule has 2 saturated heterocycles. The number of hydrogen-bond acceptors (Lipinski definition) is 1. The molecule has 3 unspecified atom stereocenters. The van der Waals surface area contributed by atoms with Crippen molar-refractivity contribution in [1.82, 2.24) is 0 Å². The summed E-state index contributed by atoms with van der Waals surface area (Å²) in [6, 6.07) is 0. The van der Waals surface area contributed by atoms with Crippen LogP contribution in [0, 0.1) is 0 Å². The second kappa shape index (κ2) is 1.10. The molecule has 0 amide bonds. The molecule has 0 aromatic carbocycles. The van der Waals surface area contributed by atoms with Gasteiger partial charge in [-0.3, -0.25) is 0 Å². The van der Waals surface area contributed by atoms with Crippen LogP contribution in [-0.4, -0.2) is 24.4 Å². The highest BCUT2D eigenvalue weighted by molar-refractivity contribution is 7.57. The molecular formula is C5H8OP+. The molecule has 7 heavy (non-hydrogen) atoms. The molecule has 2 rings (SSSR count). The molecule has 2 heterocycles. The van der Waals surface area contributed by atoms with E-state index >= 15 is 0 Å². The number of ether oxygens (including phenoxy) is 1. The third-order valence-electron chi connectivity index (χ3n) is 1.62. The number of hydrogen-bond donors (Lipinski definition) is 0. The van der Waals surface area contributed by atoms with E-state index in [-0.39, 0.29) is 7.55 Å². The molecule has 2 heteroatoms. The minimum atomic E-state index is 0.0756. The molecule has 3 atom stereocenters. The fraction of sp³-hybridized carbons (Fsp3) is 0.800. The summed E-state index contributed by atoms with van der Waals surface area (Å²) in [7, 11) is 0.0756. The second-order valence-electron chi connectivity index (χ2n) is 2.17. The van der Waals surface area contributed by atoms with Gasteiger partial charge in [0, 0.05) is 6.42 Å². The zero-order valence-corrected chi connectivity index (χ0v) is 5.03. The number of fused-ring (bicyclic) bond motifs is 1. The summed E-state index contributed by atoms with van der Waals surface area (Å²) in [5.41, 5.74) is 0. The van der Waals surface area contributed by atoms with Gasteiger partial charge in [-0.2, -0.15) is 0 Å². The van der Waals surface area contributed by atoms with E-state index in [0.717, 1.165) is 0 Å². The van der Waals surface area contributed by atoms with Gasteiger partial charge in [-0.15, -0.1) is 0 Å². The maximum Gasteiger partial charge on any atom is 0.241 e. The van der Waals surface area contributed by atoms with Crippen LogP contribution in [0.25, 0.3) is 0 Å². The molecule has 0 N–H and O–H groups in total. The molecule has 2 fully saturated rings. The van der Waals surface area contributed by atoms with Crippen LogP contribution in [0.2, 0.25) is 0 Å². The molecule has 2 aliphatic heterocycles. The summed E-state index contributed by atoms with van der Waals surface area (Å²) < 4.78 is 5.23. The van der Waals surface area contributed by atoms with Crippen molar-refractivity contribution in [1.29, 1.82) is 0 Å². The molecule has 0 aliphatic carbocycles. The zero-order chi connectivity index (χ0) is 4.85. The minimum absolute atomic E-state index is 0.0756. The van der Waals surface area contributed by atoms with Gasteiger partial charge < -0.3 is 4.74 Å². The van der Waals surface area contributed by atoms with E-state index in [9.17, 15) is 0 Å². The molecule has 0 aromatic rings. The fourth-order valence-corrected chi connectivity index (χ4v) is 2.87. The smallest absolute Gasteiger partial charge is 0.241 e. The number of epoxide rings is 1. The van der Waals surface area contributed by atoms with Crippen molar-refractivity contribution in [3.63, 3.8) is 0 Å². The van der Waals surface area contributed by atoms with Crippen LogP contribution >= 0.6 is 7.55 Å². The summed E-state index contributed by atoms with van der Waals surface area (Å²) in [5.74, 6) is 0.634. The monoisotopic (exact) mass is 115 g/mol. The van der Waals surface area contributed by atoms with Gasteiger partial charge in [0.2, 0.25) is 5.85 Å². The second-order valence-corrected chi connectivity index (χ2v) is 4.30. The lowest BCUT2D eigenvalue weighted by atomic mass is 10.4. The van der Waals surface area contributed by atoms with Gasteiger partial charge in [-0.1, -0.05) is 0 Å². The molecule has 0 aromatic heterocycles. The quantitative estimate of drug-likeness (QED) is 0.339. The maximum absolute atomic E-state index is 5.23. The lowest BCUT2D eigenvalue weighted by Crippen LogP contribution is -1.77. The first-order chi connectivity index (χ1) is 3.38. The Morgan fingerprint density at radius 3 is 2.71 bits per heavy atom. The van der Waals surface area contributed by atoms with Crippen molar-refractivity contribution in [2.75, 3.05) is 6.16 Å². The third-order valence-corrected chi connectivity index (χ3v) is 3.62. The molecule has 0 saturated carbocycles. The van der Waals surface area contributed by atoms with Gasteiger partial charge in [-0.05, 0) is 0 Å². The normalized spacial score (nSPS) is 51.7. The third kappa shape index (κ3) is 0.457. The molecular weight excluding hydrogens is 107 g/mol. The van der Waals surface area contributed by atoms with Crippen LogP contribution < -0.4 is 0 Å². The Hall–Kier alpha value is 0.130. The van der Waals surface area contributed by atoms with Crippen LogP contribution in [0.4, 0.5) is 0 Å². The highest BCUT2D eigenvalue weighted by atomic mass is 31.1. The molecule has 0 bridgehead atoms. The van der Waals surface area contributed by atoms with Gasteiger partial charge in [0.25, 0.3) is 0 Å². The van der Waals surface area contributed by atoms with Crippen LogP contribution in [0.5, 0.6) is 0 Å². The Morgan fingerprint density at radius 2 is 2.57 bits per heavy atom. The summed E-state index contributed by atoms with van der Waals surface area (Å²) >= 11 is 0. The fourth-order valence-electron chi connectivity index (χ4n) is 1.09. The van der Waals surface area contributed by atoms with Gasteiger partial charge in [0.1, 0.15) is 19.8 Å². The van der Waals surface area contributed by atoms with E-state index in [4.69, 9.17) is 4.74 Å². The zero-order valence-electron chi connectivity index (χ0n) is 4.13. The van der Waals surface area contributed by atoms with E-state index in [1.54, 1.807) is 0 Å². The first kappa shape index (κ1) is 4.05.